The van der Waals surface area contributed by atoms with Gasteiger partial charge in [0.1, 0.15) is 5.82 Å². The lowest BCUT2D eigenvalue weighted by Crippen LogP contribution is -2.47. The highest BCUT2D eigenvalue weighted by Crippen LogP contribution is 2.41. The number of rotatable bonds is 4. The van der Waals surface area contributed by atoms with Crippen LogP contribution in [0, 0.1) is 11.2 Å². The molecule has 1 amide bonds. The Bertz CT molecular complexity index is 765. The van der Waals surface area contributed by atoms with Crippen LogP contribution in [0.5, 0.6) is 0 Å². The SMILES string of the molecule is O=C1N(Cc2ccncc2)CC[C@]12CCCN(Cc1ccc(F)cc1)C2. The van der Waals surface area contributed by atoms with Gasteiger partial charge in [-0.2, -0.15) is 0 Å². The van der Waals surface area contributed by atoms with Gasteiger partial charge in [0.05, 0.1) is 5.41 Å². The second-order valence-corrected chi connectivity index (χ2v) is 7.55. The number of hydrogen-bond acceptors (Lipinski definition) is 3. The molecule has 1 atom stereocenters. The number of piperidine rings is 1. The average molecular weight is 353 g/mol. The lowest BCUT2D eigenvalue weighted by Gasteiger charge is -2.39. The summed E-state index contributed by atoms with van der Waals surface area (Å²) in [5.74, 6) is 0.0831. The fourth-order valence-electron chi connectivity index (χ4n) is 4.34. The number of nitrogens with zero attached hydrogens (tertiary/aromatic N) is 3. The minimum absolute atomic E-state index is 0.207. The van der Waals surface area contributed by atoms with Crippen molar-refractivity contribution in [3.63, 3.8) is 0 Å². The first-order valence-electron chi connectivity index (χ1n) is 9.30. The largest absolute Gasteiger partial charge is 0.338 e. The quantitative estimate of drug-likeness (QED) is 0.847. The molecule has 0 unspecified atom stereocenters. The average Bonchev–Trinajstić information content (AvgIpc) is 2.94. The zero-order chi connectivity index (χ0) is 18.0. The van der Waals surface area contributed by atoms with Crippen LogP contribution in [0.1, 0.15) is 30.4 Å². The van der Waals surface area contributed by atoms with Crippen LogP contribution >= 0.6 is 0 Å². The van der Waals surface area contributed by atoms with E-state index in [1.807, 2.05) is 29.2 Å². The molecule has 26 heavy (non-hydrogen) atoms. The molecule has 4 rings (SSSR count). The third kappa shape index (κ3) is 3.49. The number of likely N-dealkylation sites (tertiary alicyclic amines) is 2. The summed E-state index contributed by atoms with van der Waals surface area (Å²) in [6.07, 6.45) is 6.48. The van der Waals surface area contributed by atoms with Gasteiger partial charge < -0.3 is 4.90 Å². The van der Waals surface area contributed by atoms with Crippen LogP contribution in [0.25, 0.3) is 0 Å². The number of amides is 1. The number of halogens is 1. The molecule has 0 radical (unpaired) electrons. The van der Waals surface area contributed by atoms with Crippen molar-refractivity contribution in [2.45, 2.75) is 32.4 Å². The van der Waals surface area contributed by atoms with Gasteiger partial charge in [0.25, 0.3) is 0 Å². The molecule has 136 valence electrons. The molecular weight excluding hydrogens is 329 g/mol. The zero-order valence-corrected chi connectivity index (χ0v) is 14.9. The number of benzene rings is 1. The van der Waals surface area contributed by atoms with Gasteiger partial charge >= 0.3 is 0 Å². The molecule has 2 fully saturated rings. The van der Waals surface area contributed by atoms with E-state index in [0.29, 0.717) is 6.54 Å². The van der Waals surface area contributed by atoms with Gasteiger partial charge in [-0.3, -0.25) is 14.7 Å². The number of carbonyl (C=O) groups excluding carboxylic acids is 1. The van der Waals surface area contributed by atoms with Crippen molar-refractivity contribution in [2.24, 2.45) is 5.41 Å². The van der Waals surface area contributed by atoms with Gasteiger partial charge in [-0.05, 0) is 61.2 Å². The molecule has 1 aromatic heterocycles. The molecule has 2 saturated heterocycles. The summed E-state index contributed by atoms with van der Waals surface area (Å²) >= 11 is 0. The van der Waals surface area contributed by atoms with Crippen LogP contribution in [0.4, 0.5) is 4.39 Å². The fourth-order valence-corrected chi connectivity index (χ4v) is 4.34. The van der Waals surface area contributed by atoms with Gasteiger partial charge in [-0.15, -0.1) is 0 Å². The van der Waals surface area contributed by atoms with E-state index in [4.69, 9.17) is 0 Å². The molecule has 2 aliphatic rings. The summed E-state index contributed by atoms with van der Waals surface area (Å²) in [4.78, 5) is 21.6. The van der Waals surface area contributed by atoms with Crippen LogP contribution in [0.15, 0.2) is 48.8 Å². The number of hydrogen-bond donors (Lipinski definition) is 0. The molecular formula is C21H24FN3O. The smallest absolute Gasteiger partial charge is 0.230 e. The standard InChI is InChI=1S/C21H24FN3O/c22-19-4-2-17(3-5-19)14-24-12-1-8-21(16-24)9-13-25(20(21)26)15-18-6-10-23-11-7-18/h2-7,10-11H,1,8-9,12-16H2/t21-/m0/s1. The van der Waals surface area contributed by atoms with E-state index in [1.165, 1.54) is 12.1 Å². The van der Waals surface area contributed by atoms with Crippen molar-refractivity contribution < 1.29 is 9.18 Å². The van der Waals surface area contributed by atoms with E-state index < -0.39 is 0 Å². The van der Waals surface area contributed by atoms with Gasteiger partial charge in [-0.1, -0.05) is 12.1 Å². The Balaban J connectivity index is 1.43. The molecule has 3 heterocycles. The maximum absolute atomic E-state index is 13.2. The Hall–Kier alpha value is -2.27. The zero-order valence-electron chi connectivity index (χ0n) is 14.9. The first-order valence-corrected chi connectivity index (χ1v) is 9.30. The van der Waals surface area contributed by atoms with Crippen LogP contribution in [0.2, 0.25) is 0 Å². The summed E-state index contributed by atoms with van der Waals surface area (Å²) in [5.41, 5.74) is 1.98. The van der Waals surface area contributed by atoms with E-state index in [1.54, 1.807) is 12.4 Å². The van der Waals surface area contributed by atoms with Crippen LogP contribution < -0.4 is 0 Å². The second kappa shape index (κ2) is 7.16. The van der Waals surface area contributed by atoms with Crippen molar-refractivity contribution >= 4 is 5.91 Å². The third-order valence-corrected chi connectivity index (χ3v) is 5.70. The number of aromatic nitrogens is 1. The van der Waals surface area contributed by atoms with E-state index in [0.717, 1.165) is 56.6 Å². The first kappa shape index (κ1) is 17.2. The predicted octanol–water partition coefficient (Wildman–Crippen LogP) is 3.24. The lowest BCUT2D eigenvalue weighted by molar-refractivity contribution is -0.139. The molecule has 5 heteroatoms. The second-order valence-electron chi connectivity index (χ2n) is 7.55. The van der Waals surface area contributed by atoms with Gasteiger partial charge in [0, 0.05) is 38.6 Å². The first-order chi connectivity index (χ1) is 12.6. The van der Waals surface area contributed by atoms with Gasteiger partial charge in [0.15, 0.2) is 0 Å². The van der Waals surface area contributed by atoms with E-state index in [9.17, 15) is 9.18 Å². The van der Waals surface area contributed by atoms with Crippen LogP contribution in [0.3, 0.4) is 0 Å². The Morgan fingerprint density at radius 2 is 1.69 bits per heavy atom. The van der Waals surface area contributed by atoms with E-state index in [-0.39, 0.29) is 17.1 Å². The Kier molecular flexibility index (Phi) is 4.72. The Morgan fingerprint density at radius 3 is 2.46 bits per heavy atom. The lowest BCUT2D eigenvalue weighted by atomic mass is 9.78. The Morgan fingerprint density at radius 1 is 0.962 bits per heavy atom. The van der Waals surface area contributed by atoms with Crippen molar-refractivity contribution in [1.29, 1.82) is 0 Å². The number of pyridine rings is 1. The summed E-state index contributed by atoms with van der Waals surface area (Å²) < 4.78 is 13.1. The highest BCUT2D eigenvalue weighted by Gasteiger charge is 2.48. The minimum atomic E-state index is -0.245. The van der Waals surface area contributed by atoms with Crippen molar-refractivity contribution in [3.8, 4) is 0 Å². The summed E-state index contributed by atoms with van der Waals surface area (Å²) in [5, 5.41) is 0. The topological polar surface area (TPSA) is 36.4 Å². The maximum Gasteiger partial charge on any atom is 0.230 e. The molecule has 0 bridgehead atoms. The highest BCUT2D eigenvalue weighted by atomic mass is 19.1. The highest BCUT2D eigenvalue weighted by molar-refractivity contribution is 5.85. The molecule has 1 aromatic carbocycles. The van der Waals surface area contributed by atoms with E-state index in [2.05, 4.69) is 9.88 Å². The molecule has 1 spiro atoms. The molecule has 0 aliphatic carbocycles. The van der Waals surface area contributed by atoms with Crippen molar-refractivity contribution in [1.82, 2.24) is 14.8 Å². The van der Waals surface area contributed by atoms with E-state index >= 15 is 0 Å². The molecule has 0 saturated carbocycles. The van der Waals surface area contributed by atoms with Crippen LogP contribution in [-0.4, -0.2) is 40.3 Å². The van der Waals surface area contributed by atoms with Gasteiger partial charge in [-0.25, -0.2) is 4.39 Å². The minimum Gasteiger partial charge on any atom is -0.338 e. The third-order valence-electron chi connectivity index (χ3n) is 5.70. The normalized spacial score (nSPS) is 23.7. The molecule has 4 nitrogen and oxygen atoms in total. The van der Waals surface area contributed by atoms with Crippen LogP contribution in [-0.2, 0) is 17.9 Å². The monoisotopic (exact) mass is 353 g/mol. The summed E-state index contributed by atoms with van der Waals surface area (Å²) in [6, 6.07) is 10.6. The fraction of sp³-hybridized carbons (Fsp3) is 0.429. The molecule has 0 N–H and O–H groups in total. The van der Waals surface area contributed by atoms with Crippen molar-refractivity contribution in [2.75, 3.05) is 19.6 Å². The summed E-state index contributed by atoms with van der Waals surface area (Å²) in [6.45, 7) is 4.07. The Labute approximate surface area is 153 Å². The maximum atomic E-state index is 13.2. The number of carbonyl (C=O) groups is 1. The molecule has 2 aliphatic heterocycles. The predicted molar refractivity (Wildman–Crippen MR) is 97.6 cm³/mol. The van der Waals surface area contributed by atoms with Gasteiger partial charge in [0.2, 0.25) is 5.91 Å². The molecule has 2 aromatic rings. The summed E-state index contributed by atoms with van der Waals surface area (Å²) in [7, 11) is 0. The van der Waals surface area contributed by atoms with Crippen molar-refractivity contribution in [3.05, 3.63) is 65.7 Å².